The topological polar surface area (TPSA) is 88.5 Å². The van der Waals surface area contributed by atoms with Crippen LogP contribution in [0.1, 0.15) is 60.4 Å². The largest absolute Gasteiger partial charge is 0.342 e. The van der Waals surface area contributed by atoms with Gasteiger partial charge in [-0.15, -0.1) is 10.2 Å². The fourth-order valence-electron chi connectivity index (χ4n) is 3.07. The molecule has 0 aliphatic rings. The number of hydrogen-bond donors (Lipinski definition) is 2. The van der Waals surface area contributed by atoms with E-state index in [-0.39, 0.29) is 18.0 Å². The fraction of sp³-hybridized carbons (Fsp3) is 0.368. The maximum absolute atomic E-state index is 12.6. The quantitative estimate of drug-likeness (QED) is 0.737. The zero-order valence-corrected chi connectivity index (χ0v) is 15.7. The van der Waals surface area contributed by atoms with Gasteiger partial charge in [-0.05, 0) is 52.3 Å². The van der Waals surface area contributed by atoms with Crippen LogP contribution in [0.5, 0.6) is 0 Å². The molecule has 2 aromatic heterocycles. The predicted octanol–water partition coefficient (Wildman–Crippen LogP) is 3.36. The molecule has 0 aliphatic heterocycles. The number of nitrogens with zero attached hydrogens (tertiary/aromatic N) is 4. The molecule has 0 aliphatic carbocycles. The molecule has 1 amide bonds. The molecule has 26 heavy (non-hydrogen) atoms. The Balaban J connectivity index is 1.75. The molecule has 0 saturated heterocycles. The zero-order chi connectivity index (χ0) is 18.8. The summed E-state index contributed by atoms with van der Waals surface area (Å²) < 4.78 is 1.96. The van der Waals surface area contributed by atoms with Gasteiger partial charge >= 0.3 is 0 Å². The van der Waals surface area contributed by atoms with Crippen molar-refractivity contribution in [2.75, 3.05) is 0 Å². The lowest BCUT2D eigenvalue weighted by Gasteiger charge is -2.17. The summed E-state index contributed by atoms with van der Waals surface area (Å²) in [6.07, 6.45) is 1.69. The summed E-state index contributed by atoms with van der Waals surface area (Å²) in [7, 11) is 0. The molecular weight excluding hydrogens is 328 g/mol. The van der Waals surface area contributed by atoms with Crippen LogP contribution < -0.4 is 5.32 Å². The lowest BCUT2D eigenvalue weighted by atomic mass is 10.0. The Morgan fingerprint density at radius 1 is 1.15 bits per heavy atom. The number of benzene rings is 1. The van der Waals surface area contributed by atoms with Crippen LogP contribution in [0.2, 0.25) is 0 Å². The highest BCUT2D eigenvalue weighted by Gasteiger charge is 2.18. The van der Waals surface area contributed by atoms with Gasteiger partial charge in [0, 0.05) is 22.9 Å². The van der Waals surface area contributed by atoms with E-state index in [1.54, 1.807) is 6.33 Å². The van der Waals surface area contributed by atoms with Gasteiger partial charge in [0.1, 0.15) is 6.33 Å². The van der Waals surface area contributed by atoms with Gasteiger partial charge in [0.2, 0.25) is 0 Å². The van der Waals surface area contributed by atoms with Crippen molar-refractivity contribution in [2.45, 2.75) is 46.7 Å². The van der Waals surface area contributed by atoms with Gasteiger partial charge < -0.3 is 9.88 Å². The van der Waals surface area contributed by atoms with Gasteiger partial charge in [0.25, 0.3) is 5.91 Å². The molecule has 2 N–H and O–H groups in total. The molecule has 3 rings (SSSR count). The molecule has 0 radical (unpaired) electrons. The number of rotatable bonds is 5. The Bertz CT molecular complexity index is 887. The average molecular weight is 352 g/mol. The van der Waals surface area contributed by atoms with E-state index in [0.717, 1.165) is 28.3 Å². The smallest absolute Gasteiger partial charge is 0.251 e. The van der Waals surface area contributed by atoms with Gasteiger partial charge in [-0.1, -0.05) is 12.1 Å². The van der Waals surface area contributed by atoms with E-state index in [4.69, 9.17) is 0 Å². The Hall–Kier alpha value is -2.96. The summed E-state index contributed by atoms with van der Waals surface area (Å²) in [5.41, 5.74) is 4.69. The Kier molecular flexibility index (Phi) is 4.88. The van der Waals surface area contributed by atoms with Gasteiger partial charge in [0.05, 0.1) is 11.7 Å². The number of amides is 1. The van der Waals surface area contributed by atoms with Crippen LogP contribution in [-0.4, -0.2) is 30.9 Å². The molecule has 7 nitrogen and oxygen atoms in total. The molecule has 1 unspecified atom stereocenters. The van der Waals surface area contributed by atoms with Crippen LogP contribution in [0.4, 0.5) is 0 Å². The number of H-pyrrole nitrogens is 1. The predicted molar refractivity (Wildman–Crippen MR) is 99.8 cm³/mol. The summed E-state index contributed by atoms with van der Waals surface area (Å²) >= 11 is 0. The number of hydrogen-bond acceptors (Lipinski definition) is 4. The number of nitrogens with one attached hydrogen (secondary N) is 2. The van der Waals surface area contributed by atoms with Crippen LogP contribution in [0.3, 0.4) is 0 Å². The lowest BCUT2D eigenvalue weighted by molar-refractivity contribution is 0.0937. The molecular formula is C19H24N6O. The highest BCUT2D eigenvalue weighted by atomic mass is 16.1. The van der Waals surface area contributed by atoms with E-state index in [1.165, 1.54) is 0 Å². The number of carbonyl (C=O) groups excluding carboxylic acids is 1. The van der Waals surface area contributed by atoms with E-state index < -0.39 is 0 Å². The second kappa shape index (κ2) is 7.11. The van der Waals surface area contributed by atoms with E-state index in [2.05, 4.69) is 39.6 Å². The Morgan fingerprint density at radius 2 is 1.85 bits per heavy atom. The highest BCUT2D eigenvalue weighted by molar-refractivity contribution is 5.95. The molecule has 1 atom stereocenters. The second-order valence-electron chi connectivity index (χ2n) is 6.77. The molecule has 0 fully saturated rings. The SMILES string of the molecule is Cc1n[nH]c(C)c1-c1ccc(C(=O)NC(C)c2nncn2C(C)C)cc1. The summed E-state index contributed by atoms with van der Waals surface area (Å²) in [6.45, 7) is 9.97. The summed E-state index contributed by atoms with van der Waals surface area (Å²) in [5, 5.41) is 18.3. The van der Waals surface area contributed by atoms with Crippen molar-refractivity contribution in [3.05, 3.63) is 53.4 Å². The highest BCUT2D eigenvalue weighted by Crippen LogP contribution is 2.25. The van der Waals surface area contributed by atoms with Crippen LogP contribution in [-0.2, 0) is 0 Å². The van der Waals surface area contributed by atoms with Crippen molar-refractivity contribution in [2.24, 2.45) is 0 Å². The number of aromatic nitrogens is 5. The van der Waals surface area contributed by atoms with E-state index >= 15 is 0 Å². The molecule has 0 bridgehead atoms. The van der Waals surface area contributed by atoms with Gasteiger partial charge in [-0.2, -0.15) is 5.10 Å². The molecule has 0 saturated carbocycles. The van der Waals surface area contributed by atoms with Crippen LogP contribution in [0.25, 0.3) is 11.1 Å². The first-order valence-corrected chi connectivity index (χ1v) is 8.70. The minimum Gasteiger partial charge on any atom is -0.342 e. The molecule has 2 heterocycles. The van der Waals surface area contributed by atoms with E-state index in [1.807, 2.05) is 49.6 Å². The molecule has 136 valence electrons. The molecule has 3 aromatic rings. The minimum absolute atomic E-state index is 0.136. The Morgan fingerprint density at radius 3 is 2.42 bits per heavy atom. The summed E-state index contributed by atoms with van der Waals surface area (Å²) in [6, 6.07) is 7.56. The van der Waals surface area contributed by atoms with Gasteiger partial charge in [0.15, 0.2) is 5.82 Å². The van der Waals surface area contributed by atoms with Crippen LogP contribution in [0, 0.1) is 13.8 Å². The zero-order valence-electron chi connectivity index (χ0n) is 15.7. The van der Waals surface area contributed by atoms with Crippen molar-refractivity contribution in [3.8, 4) is 11.1 Å². The lowest BCUT2D eigenvalue weighted by Crippen LogP contribution is -2.29. The number of aryl methyl sites for hydroxylation is 2. The molecule has 1 aromatic carbocycles. The minimum atomic E-state index is -0.231. The van der Waals surface area contributed by atoms with Crippen LogP contribution in [0.15, 0.2) is 30.6 Å². The number of aromatic amines is 1. The first-order chi connectivity index (χ1) is 12.4. The maximum Gasteiger partial charge on any atom is 0.251 e. The maximum atomic E-state index is 12.6. The van der Waals surface area contributed by atoms with Crippen molar-refractivity contribution >= 4 is 5.91 Å². The Labute approximate surface area is 152 Å². The van der Waals surface area contributed by atoms with Gasteiger partial charge in [-0.25, -0.2) is 0 Å². The van der Waals surface area contributed by atoms with E-state index in [9.17, 15) is 4.79 Å². The summed E-state index contributed by atoms with van der Waals surface area (Å²) in [4.78, 5) is 12.6. The monoisotopic (exact) mass is 352 g/mol. The first kappa shape index (κ1) is 17.8. The average Bonchev–Trinajstić information content (AvgIpc) is 3.22. The third-order valence-corrected chi connectivity index (χ3v) is 4.46. The van der Waals surface area contributed by atoms with Crippen molar-refractivity contribution in [1.29, 1.82) is 0 Å². The van der Waals surface area contributed by atoms with Crippen molar-refractivity contribution < 1.29 is 4.79 Å². The second-order valence-corrected chi connectivity index (χ2v) is 6.77. The van der Waals surface area contributed by atoms with E-state index in [0.29, 0.717) is 5.56 Å². The van der Waals surface area contributed by atoms with Crippen molar-refractivity contribution in [1.82, 2.24) is 30.3 Å². The fourth-order valence-corrected chi connectivity index (χ4v) is 3.07. The summed E-state index contributed by atoms with van der Waals surface area (Å²) in [5.74, 6) is 0.609. The number of carbonyl (C=O) groups is 1. The first-order valence-electron chi connectivity index (χ1n) is 8.70. The third-order valence-electron chi connectivity index (χ3n) is 4.46. The third kappa shape index (κ3) is 3.37. The van der Waals surface area contributed by atoms with Crippen molar-refractivity contribution in [3.63, 3.8) is 0 Å². The van der Waals surface area contributed by atoms with Crippen LogP contribution >= 0.6 is 0 Å². The molecule has 0 spiro atoms. The van der Waals surface area contributed by atoms with Gasteiger partial charge in [-0.3, -0.25) is 9.89 Å². The molecule has 7 heteroatoms. The standard InChI is InChI=1S/C19H24N6O/c1-11(2)25-10-20-24-18(25)14(5)21-19(26)16-8-6-15(7-9-16)17-12(3)22-23-13(17)4/h6-11,14H,1-5H3,(H,21,26)(H,22,23). The normalized spacial score (nSPS) is 12.4.